The summed E-state index contributed by atoms with van der Waals surface area (Å²) in [5.41, 5.74) is 2.02. The van der Waals surface area contributed by atoms with Gasteiger partial charge >= 0.3 is 0 Å². The molecule has 5 nitrogen and oxygen atoms in total. The summed E-state index contributed by atoms with van der Waals surface area (Å²) < 4.78 is 10.8. The third-order valence-corrected chi connectivity index (χ3v) is 3.20. The minimum Gasteiger partial charge on any atom is -0.492 e. The molecule has 19 heavy (non-hydrogen) atoms. The standard InChI is InChI=1S/C14H20N2O3/c1-15-11(8-18-2)9-19-12-4-5-13-10(7-12)3-6-14(17)16-13/h4-5,7,11,15H,3,6,8-9H2,1-2H3,(H,16,17). The summed E-state index contributed by atoms with van der Waals surface area (Å²) in [4.78, 5) is 11.3. The van der Waals surface area contributed by atoms with Crippen molar-refractivity contribution in [2.24, 2.45) is 0 Å². The predicted molar refractivity (Wildman–Crippen MR) is 73.6 cm³/mol. The smallest absolute Gasteiger partial charge is 0.224 e. The molecule has 1 aliphatic heterocycles. The second kappa shape index (κ2) is 6.54. The normalized spacial score (nSPS) is 15.6. The Morgan fingerprint density at radius 1 is 1.37 bits per heavy atom. The van der Waals surface area contributed by atoms with Gasteiger partial charge in [0, 0.05) is 19.2 Å². The van der Waals surface area contributed by atoms with Crippen LogP contribution < -0.4 is 15.4 Å². The lowest BCUT2D eigenvalue weighted by Crippen LogP contribution is -2.35. The third-order valence-electron chi connectivity index (χ3n) is 3.20. The van der Waals surface area contributed by atoms with Crippen molar-refractivity contribution >= 4 is 11.6 Å². The first-order valence-corrected chi connectivity index (χ1v) is 6.44. The average molecular weight is 264 g/mol. The molecule has 0 saturated carbocycles. The highest BCUT2D eigenvalue weighted by atomic mass is 16.5. The second-order valence-electron chi connectivity index (χ2n) is 4.62. The maximum absolute atomic E-state index is 11.3. The Labute approximate surface area is 113 Å². The van der Waals surface area contributed by atoms with Gasteiger partial charge in [-0.3, -0.25) is 4.79 Å². The van der Waals surface area contributed by atoms with E-state index < -0.39 is 0 Å². The van der Waals surface area contributed by atoms with E-state index in [0.29, 0.717) is 19.6 Å². The van der Waals surface area contributed by atoms with Crippen LogP contribution in [-0.4, -0.2) is 39.3 Å². The fourth-order valence-electron chi connectivity index (χ4n) is 2.06. The Morgan fingerprint density at radius 3 is 2.95 bits per heavy atom. The number of amides is 1. The van der Waals surface area contributed by atoms with Gasteiger partial charge in [0.15, 0.2) is 0 Å². The number of ether oxygens (including phenoxy) is 2. The molecule has 0 bridgehead atoms. The summed E-state index contributed by atoms with van der Waals surface area (Å²) in [6.45, 7) is 1.16. The summed E-state index contributed by atoms with van der Waals surface area (Å²) >= 11 is 0. The molecule has 104 valence electrons. The van der Waals surface area contributed by atoms with Crippen LogP contribution in [0, 0.1) is 0 Å². The molecule has 0 fully saturated rings. The van der Waals surface area contributed by atoms with Crippen LogP contribution in [0.15, 0.2) is 18.2 Å². The number of hydrogen-bond donors (Lipinski definition) is 2. The Balaban J connectivity index is 1.96. The zero-order valence-electron chi connectivity index (χ0n) is 11.4. The third kappa shape index (κ3) is 3.68. The van der Waals surface area contributed by atoms with E-state index in [1.807, 2.05) is 25.2 Å². The van der Waals surface area contributed by atoms with Gasteiger partial charge in [-0.1, -0.05) is 0 Å². The predicted octanol–water partition coefficient (Wildman–Crippen LogP) is 1.18. The van der Waals surface area contributed by atoms with E-state index in [4.69, 9.17) is 9.47 Å². The van der Waals surface area contributed by atoms with Gasteiger partial charge in [0.2, 0.25) is 5.91 Å². The summed E-state index contributed by atoms with van der Waals surface area (Å²) in [5.74, 6) is 0.905. The SMILES string of the molecule is CNC(COC)COc1ccc2c(c1)CCC(=O)N2. The average Bonchev–Trinajstić information content (AvgIpc) is 2.43. The number of hydrogen-bond acceptors (Lipinski definition) is 4. The van der Waals surface area contributed by atoms with Crippen LogP contribution in [0.1, 0.15) is 12.0 Å². The first kappa shape index (κ1) is 13.8. The molecule has 2 rings (SSSR count). The lowest BCUT2D eigenvalue weighted by atomic mass is 10.0. The van der Waals surface area contributed by atoms with Gasteiger partial charge < -0.3 is 20.1 Å². The highest BCUT2D eigenvalue weighted by Gasteiger charge is 2.15. The van der Waals surface area contributed by atoms with Crippen LogP contribution in [0.2, 0.25) is 0 Å². The van der Waals surface area contributed by atoms with Crippen LogP contribution in [0.4, 0.5) is 5.69 Å². The van der Waals surface area contributed by atoms with Crippen molar-refractivity contribution in [1.82, 2.24) is 5.32 Å². The Kier molecular flexibility index (Phi) is 4.76. The Bertz CT molecular complexity index is 448. The van der Waals surface area contributed by atoms with Crippen LogP contribution in [0.3, 0.4) is 0 Å². The van der Waals surface area contributed by atoms with Gasteiger partial charge in [0.1, 0.15) is 12.4 Å². The Morgan fingerprint density at radius 2 is 2.21 bits per heavy atom. The van der Waals surface area contributed by atoms with Crippen LogP contribution in [-0.2, 0) is 16.0 Å². The number of methoxy groups -OCH3 is 1. The lowest BCUT2D eigenvalue weighted by molar-refractivity contribution is -0.116. The van der Waals surface area contributed by atoms with Crippen molar-refractivity contribution in [3.8, 4) is 5.75 Å². The molecule has 0 spiro atoms. The first-order chi connectivity index (χ1) is 9.22. The molecule has 1 aromatic rings. The molecular weight excluding hydrogens is 244 g/mol. The van der Waals surface area contributed by atoms with E-state index in [-0.39, 0.29) is 11.9 Å². The monoisotopic (exact) mass is 264 g/mol. The van der Waals surface area contributed by atoms with Gasteiger partial charge in [0.05, 0.1) is 12.6 Å². The number of carbonyl (C=O) groups excluding carboxylic acids is 1. The molecule has 0 aromatic heterocycles. The van der Waals surface area contributed by atoms with E-state index in [9.17, 15) is 4.79 Å². The molecule has 1 amide bonds. The molecular formula is C14H20N2O3. The molecule has 1 aromatic carbocycles. The summed E-state index contributed by atoms with van der Waals surface area (Å²) in [7, 11) is 3.56. The van der Waals surface area contributed by atoms with Crippen molar-refractivity contribution in [1.29, 1.82) is 0 Å². The molecule has 1 atom stereocenters. The van der Waals surface area contributed by atoms with Crippen molar-refractivity contribution in [2.75, 3.05) is 32.7 Å². The van der Waals surface area contributed by atoms with Gasteiger partial charge in [-0.25, -0.2) is 0 Å². The van der Waals surface area contributed by atoms with E-state index in [2.05, 4.69) is 10.6 Å². The highest BCUT2D eigenvalue weighted by Crippen LogP contribution is 2.26. The molecule has 5 heteroatoms. The maximum atomic E-state index is 11.3. The Hall–Kier alpha value is -1.59. The number of benzene rings is 1. The number of aryl methyl sites for hydroxylation is 1. The first-order valence-electron chi connectivity index (χ1n) is 6.44. The fraction of sp³-hybridized carbons (Fsp3) is 0.500. The van der Waals surface area contributed by atoms with Crippen LogP contribution in [0.25, 0.3) is 0 Å². The van der Waals surface area contributed by atoms with E-state index in [0.717, 1.165) is 23.4 Å². The van der Waals surface area contributed by atoms with Crippen molar-refractivity contribution < 1.29 is 14.3 Å². The van der Waals surface area contributed by atoms with Crippen LogP contribution >= 0.6 is 0 Å². The molecule has 1 heterocycles. The molecule has 0 saturated heterocycles. The van der Waals surface area contributed by atoms with Crippen molar-refractivity contribution in [3.63, 3.8) is 0 Å². The van der Waals surface area contributed by atoms with Gasteiger partial charge in [-0.15, -0.1) is 0 Å². The quantitative estimate of drug-likeness (QED) is 0.810. The highest BCUT2D eigenvalue weighted by molar-refractivity contribution is 5.93. The fourth-order valence-corrected chi connectivity index (χ4v) is 2.06. The maximum Gasteiger partial charge on any atom is 0.224 e. The van der Waals surface area contributed by atoms with Crippen LogP contribution in [0.5, 0.6) is 5.75 Å². The summed E-state index contributed by atoms with van der Waals surface area (Å²) in [6.07, 6.45) is 1.31. The molecule has 1 aliphatic rings. The number of rotatable bonds is 6. The topological polar surface area (TPSA) is 59.6 Å². The number of anilines is 1. The molecule has 0 radical (unpaired) electrons. The second-order valence-corrected chi connectivity index (χ2v) is 4.62. The minimum atomic E-state index is 0.0801. The molecule has 0 aliphatic carbocycles. The zero-order chi connectivity index (χ0) is 13.7. The lowest BCUT2D eigenvalue weighted by Gasteiger charge is -2.19. The van der Waals surface area contributed by atoms with Gasteiger partial charge in [-0.2, -0.15) is 0 Å². The molecule has 1 unspecified atom stereocenters. The number of carbonyl (C=O) groups is 1. The number of fused-ring (bicyclic) bond motifs is 1. The largest absolute Gasteiger partial charge is 0.492 e. The number of likely N-dealkylation sites (N-methyl/N-ethyl adjacent to an activating group) is 1. The van der Waals surface area contributed by atoms with Gasteiger partial charge in [-0.05, 0) is 37.2 Å². The molecule has 2 N–H and O–H groups in total. The zero-order valence-corrected chi connectivity index (χ0v) is 11.4. The number of nitrogens with one attached hydrogen (secondary N) is 2. The summed E-state index contributed by atoms with van der Waals surface area (Å²) in [6, 6.07) is 5.94. The van der Waals surface area contributed by atoms with E-state index in [1.54, 1.807) is 7.11 Å². The van der Waals surface area contributed by atoms with E-state index >= 15 is 0 Å². The van der Waals surface area contributed by atoms with Crippen molar-refractivity contribution in [3.05, 3.63) is 23.8 Å². The summed E-state index contributed by atoms with van der Waals surface area (Å²) in [5, 5.41) is 5.99. The van der Waals surface area contributed by atoms with Gasteiger partial charge in [0.25, 0.3) is 0 Å². The minimum absolute atomic E-state index is 0.0801. The van der Waals surface area contributed by atoms with E-state index in [1.165, 1.54) is 0 Å². The van der Waals surface area contributed by atoms with Crippen molar-refractivity contribution in [2.45, 2.75) is 18.9 Å².